The fraction of sp³-hybridized carbons (Fsp3) is 1.00. The quantitative estimate of drug-likeness (QED) is 0.688. The summed E-state index contributed by atoms with van der Waals surface area (Å²) in [5.74, 6) is 0. The highest BCUT2D eigenvalue weighted by Crippen LogP contribution is 2.33. The van der Waals surface area contributed by atoms with Crippen LogP contribution in [0.15, 0.2) is 0 Å². The molecule has 0 bridgehead atoms. The zero-order chi connectivity index (χ0) is 10.6. The summed E-state index contributed by atoms with van der Waals surface area (Å²) in [4.78, 5) is 2.39. The van der Waals surface area contributed by atoms with E-state index in [-0.39, 0.29) is 0 Å². The maximum absolute atomic E-state index is 5.60. The molecule has 84 valence electrons. The Kier molecular flexibility index (Phi) is 4.35. The molecule has 0 heterocycles. The Labute approximate surface area is 88.0 Å². The summed E-state index contributed by atoms with van der Waals surface area (Å²) in [6.07, 6.45) is 5.39. The minimum atomic E-state index is 0.392. The van der Waals surface area contributed by atoms with Crippen LogP contribution in [0.3, 0.4) is 0 Å². The van der Waals surface area contributed by atoms with E-state index < -0.39 is 0 Å². The number of nitrogens with two attached hydrogens (primary N) is 1. The van der Waals surface area contributed by atoms with E-state index in [1.807, 2.05) is 0 Å². The van der Waals surface area contributed by atoms with Gasteiger partial charge in [-0.05, 0) is 33.9 Å². The minimum Gasteiger partial charge on any atom is -0.329 e. The van der Waals surface area contributed by atoms with Gasteiger partial charge in [0.1, 0.15) is 0 Å². The fourth-order valence-electron chi connectivity index (χ4n) is 2.26. The van der Waals surface area contributed by atoms with Crippen molar-refractivity contribution in [1.82, 2.24) is 10.2 Å². The van der Waals surface area contributed by atoms with Crippen LogP contribution in [0.25, 0.3) is 0 Å². The second-order valence-corrected chi connectivity index (χ2v) is 4.84. The average molecular weight is 199 g/mol. The first-order chi connectivity index (χ1) is 6.60. The van der Waals surface area contributed by atoms with Crippen LogP contribution in [0.4, 0.5) is 0 Å². The van der Waals surface area contributed by atoms with Gasteiger partial charge >= 0.3 is 0 Å². The van der Waals surface area contributed by atoms with Crippen LogP contribution < -0.4 is 11.1 Å². The van der Waals surface area contributed by atoms with Crippen molar-refractivity contribution in [2.24, 2.45) is 5.73 Å². The highest BCUT2D eigenvalue weighted by molar-refractivity contribution is 4.94. The van der Waals surface area contributed by atoms with Gasteiger partial charge in [-0.25, -0.2) is 0 Å². The lowest BCUT2D eigenvalue weighted by Crippen LogP contribution is -2.52. The molecule has 1 atom stereocenters. The van der Waals surface area contributed by atoms with Gasteiger partial charge in [-0.2, -0.15) is 0 Å². The highest BCUT2D eigenvalue weighted by atomic mass is 15.2. The molecule has 0 aromatic heterocycles. The molecule has 0 amide bonds. The molecular weight excluding hydrogens is 174 g/mol. The lowest BCUT2D eigenvalue weighted by Gasteiger charge is -2.37. The Hall–Kier alpha value is -0.120. The predicted octanol–water partition coefficient (Wildman–Crippen LogP) is 0.798. The largest absolute Gasteiger partial charge is 0.329 e. The van der Waals surface area contributed by atoms with Crippen molar-refractivity contribution in [3.63, 3.8) is 0 Å². The van der Waals surface area contributed by atoms with Crippen molar-refractivity contribution in [3.05, 3.63) is 0 Å². The van der Waals surface area contributed by atoms with Crippen molar-refractivity contribution in [2.45, 2.75) is 44.2 Å². The molecule has 3 nitrogen and oxygen atoms in total. The van der Waals surface area contributed by atoms with Crippen LogP contribution in [0.5, 0.6) is 0 Å². The summed E-state index contributed by atoms with van der Waals surface area (Å²) >= 11 is 0. The van der Waals surface area contributed by atoms with E-state index in [4.69, 9.17) is 5.73 Å². The van der Waals surface area contributed by atoms with Crippen LogP contribution >= 0.6 is 0 Å². The van der Waals surface area contributed by atoms with Crippen LogP contribution in [-0.2, 0) is 0 Å². The van der Waals surface area contributed by atoms with E-state index in [1.165, 1.54) is 25.7 Å². The molecule has 0 aromatic rings. The van der Waals surface area contributed by atoms with Gasteiger partial charge in [0, 0.05) is 24.7 Å². The molecular formula is C11H25N3. The lowest BCUT2D eigenvalue weighted by molar-refractivity contribution is 0.150. The zero-order valence-corrected chi connectivity index (χ0v) is 9.84. The maximum atomic E-state index is 5.60. The molecule has 1 rings (SSSR count). The van der Waals surface area contributed by atoms with Gasteiger partial charge in [-0.3, -0.25) is 0 Å². The Morgan fingerprint density at radius 2 is 1.93 bits per heavy atom. The third-order valence-corrected chi connectivity index (χ3v) is 3.62. The van der Waals surface area contributed by atoms with Crippen molar-refractivity contribution in [1.29, 1.82) is 0 Å². The first-order valence-corrected chi connectivity index (χ1v) is 5.71. The topological polar surface area (TPSA) is 41.3 Å². The van der Waals surface area contributed by atoms with Crippen LogP contribution in [0, 0.1) is 0 Å². The summed E-state index contributed by atoms with van der Waals surface area (Å²) in [5, 5.41) is 3.53. The summed E-state index contributed by atoms with van der Waals surface area (Å²) < 4.78 is 0. The fourth-order valence-corrected chi connectivity index (χ4v) is 2.26. The molecule has 0 aromatic carbocycles. The second-order valence-electron chi connectivity index (χ2n) is 4.84. The SMILES string of the molecule is CC(CN)NCC1(N(C)C)CCCC1. The average Bonchev–Trinajstić information content (AvgIpc) is 2.64. The number of likely N-dealkylation sites (N-methyl/N-ethyl adjacent to an activating group) is 1. The van der Waals surface area contributed by atoms with E-state index in [2.05, 4.69) is 31.2 Å². The Balaban J connectivity index is 2.44. The molecule has 0 aliphatic heterocycles. The van der Waals surface area contributed by atoms with Gasteiger partial charge in [0.25, 0.3) is 0 Å². The lowest BCUT2D eigenvalue weighted by atomic mass is 9.95. The Morgan fingerprint density at radius 3 is 2.36 bits per heavy atom. The number of hydrogen-bond donors (Lipinski definition) is 2. The number of nitrogens with zero attached hydrogens (tertiary/aromatic N) is 1. The van der Waals surface area contributed by atoms with Gasteiger partial charge in [0.2, 0.25) is 0 Å². The monoisotopic (exact) mass is 199 g/mol. The first kappa shape index (κ1) is 12.0. The van der Waals surface area contributed by atoms with Crippen LogP contribution in [0.1, 0.15) is 32.6 Å². The summed E-state index contributed by atoms with van der Waals surface area (Å²) in [7, 11) is 4.39. The van der Waals surface area contributed by atoms with Crippen molar-refractivity contribution >= 4 is 0 Å². The first-order valence-electron chi connectivity index (χ1n) is 5.71. The molecule has 1 saturated carbocycles. The molecule has 1 aliphatic carbocycles. The molecule has 0 radical (unpaired) electrons. The van der Waals surface area contributed by atoms with Crippen molar-refractivity contribution < 1.29 is 0 Å². The second kappa shape index (κ2) is 5.10. The van der Waals surface area contributed by atoms with E-state index in [0.29, 0.717) is 11.6 Å². The normalized spacial score (nSPS) is 22.9. The smallest absolute Gasteiger partial charge is 0.0327 e. The third-order valence-electron chi connectivity index (χ3n) is 3.62. The molecule has 1 aliphatic rings. The predicted molar refractivity (Wildman–Crippen MR) is 61.4 cm³/mol. The summed E-state index contributed by atoms with van der Waals surface area (Å²) in [6, 6.07) is 0.437. The van der Waals surface area contributed by atoms with Gasteiger partial charge in [-0.15, -0.1) is 0 Å². The van der Waals surface area contributed by atoms with Crippen molar-refractivity contribution in [3.8, 4) is 0 Å². The zero-order valence-electron chi connectivity index (χ0n) is 9.84. The maximum Gasteiger partial charge on any atom is 0.0327 e. The molecule has 1 unspecified atom stereocenters. The van der Waals surface area contributed by atoms with Crippen LogP contribution in [0.2, 0.25) is 0 Å². The Bertz CT molecular complexity index is 162. The summed E-state index contributed by atoms with van der Waals surface area (Å²) in [6.45, 7) is 3.96. The number of hydrogen-bond acceptors (Lipinski definition) is 3. The summed E-state index contributed by atoms with van der Waals surface area (Å²) in [5.41, 5.74) is 5.99. The molecule has 14 heavy (non-hydrogen) atoms. The number of rotatable bonds is 5. The number of nitrogens with one attached hydrogen (secondary N) is 1. The molecule has 3 N–H and O–H groups in total. The van der Waals surface area contributed by atoms with Gasteiger partial charge in [0.15, 0.2) is 0 Å². The Morgan fingerprint density at radius 1 is 1.36 bits per heavy atom. The molecule has 3 heteroatoms. The molecule has 0 spiro atoms. The van der Waals surface area contributed by atoms with E-state index >= 15 is 0 Å². The van der Waals surface area contributed by atoms with E-state index in [1.54, 1.807) is 0 Å². The van der Waals surface area contributed by atoms with Crippen molar-refractivity contribution in [2.75, 3.05) is 27.2 Å². The molecule has 1 fully saturated rings. The van der Waals surface area contributed by atoms with Gasteiger partial charge < -0.3 is 16.0 Å². The van der Waals surface area contributed by atoms with E-state index in [0.717, 1.165) is 13.1 Å². The van der Waals surface area contributed by atoms with E-state index in [9.17, 15) is 0 Å². The minimum absolute atomic E-state index is 0.392. The van der Waals surface area contributed by atoms with Gasteiger partial charge in [0.05, 0.1) is 0 Å². The molecule has 0 saturated heterocycles. The standard InChI is InChI=1S/C11H25N3/c1-10(8-12)13-9-11(14(2)3)6-4-5-7-11/h10,13H,4-9,12H2,1-3H3. The third kappa shape index (κ3) is 2.69. The highest BCUT2D eigenvalue weighted by Gasteiger charge is 2.35. The van der Waals surface area contributed by atoms with Gasteiger partial charge in [-0.1, -0.05) is 12.8 Å². The van der Waals surface area contributed by atoms with Crippen LogP contribution in [-0.4, -0.2) is 43.7 Å².